The van der Waals surface area contributed by atoms with Gasteiger partial charge in [0.05, 0.1) is 13.2 Å². The summed E-state index contributed by atoms with van der Waals surface area (Å²) >= 11 is 6.57. The number of nitrogens with zero attached hydrogens (tertiary/aromatic N) is 4. The number of rotatable bonds is 7. The molecule has 3 heterocycles. The van der Waals surface area contributed by atoms with Crippen LogP contribution in [0, 0.1) is 0 Å². The molecule has 2 aliphatic heterocycles. The van der Waals surface area contributed by atoms with E-state index in [-0.39, 0.29) is 10.2 Å². The highest BCUT2D eigenvalue weighted by Gasteiger charge is 2.61. The van der Waals surface area contributed by atoms with E-state index in [2.05, 4.69) is 50.0 Å². The molecule has 0 bridgehead atoms. The molecule has 2 aliphatic rings. The van der Waals surface area contributed by atoms with Crippen LogP contribution in [0.15, 0.2) is 66.7 Å². The molecule has 1 amide bonds. The minimum Gasteiger partial charge on any atom is -0.441 e. The molecule has 0 saturated carbocycles. The maximum Gasteiger partial charge on any atom is 0.416 e. The Kier molecular flexibility index (Phi) is 7.94. The fourth-order valence-electron chi connectivity index (χ4n) is 5.50. The maximum absolute atomic E-state index is 13.8. The summed E-state index contributed by atoms with van der Waals surface area (Å²) in [6.45, 7) is 12.9. The zero-order chi connectivity index (χ0) is 28.5. The van der Waals surface area contributed by atoms with Crippen LogP contribution in [0.25, 0.3) is 0 Å². The summed E-state index contributed by atoms with van der Waals surface area (Å²) in [5.74, 6) is 0.830. The number of hydrogen-bond donors (Lipinski definition) is 0. The zero-order valence-corrected chi connectivity index (χ0v) is 25.9. The Labute approximate surface area is 243 Å². The number of morpholine rings is 1. The molecule has 40 heavy (non-hydrogen) atoms. The van der Waals surface area contributed by atoms with Crippen LogP contribution in [0.1, 0.15) is 45.7 Å². The van der Waals surface area contributed by atoms with Crippen molar-refractivity contribution in [2.24, 2.45) is 0 Å². The molecule has 0 radical (unpaired) electrons. The third-order valence-electron chi connectivity index (χ3n) is 7.20. The smallest absolute Gasteiger partial charge is 0.416 e. The standard InChI is InChI=1S/C30H37ClN4O4Si/c1-28(2,3)40-39-30(21-12-8-6-9-13-21,22-14-10-7-11-15-22)25-29(4,5)38-27(36)35(25)24-20-23(31)32-26(33-24)34-16-18-37-19-17-34/h6-15,20,25H,16-19,40H2,1-5H3/t25-/m0/s1. The lowest BCUT2D eigenvalue weighted by Gasteiger charge is -2.47. The molecule has 5 rings (SSSR count). The number of ether oxygens (including phenoxy) is 2. The Morgan fingerprint density at radius 3 is 2.10 bits per heavy atom. The van der Waals surface area contributed by atoms with Crippen molar-refractivity contribution in [3.8, 4) is 0 Å². The maximum atomic E-state index is 13.8. The largest absolute Gasteiger partial charge is 0.441 e. The summed E-state index contributed by atoms with van der Waals surface area (Å²) in [6, 6.07) is 21.2. The van der Waals surface area contributed by atoms with Crippen LogP contribution in [-0.2, 0) is 19.5 Å². The molecule has 10 heteroatoms. The quantitative estimate of drug-likeness (QED) is 0.276. The monoisotopic (exact) mass is 580 g/mol. The van der Waals surface area contributed by atoms with Gasteiger partial charge in [-0.3, -0.25) is 4.90 Å². The number of hydrogen-bond acceptors (Lipinski definition) is 7. The Hall–Kier alpha value is -2.98. The lowest BCUT2D eigenvalue weighted by molar-refractivity contribution is -0.00580. The van der Waals surface area contributed by atoms with Gasteiger partial charge in [-0.05, 0) is 30.0 Å². The van der Waals surface area contributed by atoms with Gasteiger partial charge in [0.25, 0.3) is 0 Å². The van der Waals surface area contributed by atoms with E-state index in [1.165, 1.54) is 0 Å². The fourth-order valence-corrected chi connectivity index (χ4v) is 6.82. The third kappa shape index (κ3) is 5.61. The normalized spacial score (nSPS) is 19.9. The van der Waals surface area contributed by atoms with Crippen molar-refractivity contribution in [2.75, 3.05) is 36.1 Å². The molecular formula is C30H37ClN4O4Si. The minimum atomic E-state index is -1.15. The Balaban J connectivity index is 1.74. The molecule has 3 aromatic rings. The van der Waals surface area contributed by atoms with Crippen molar-refractivity contribution in [3.05, 3.63) is 83.0 Å². The van der Waals surface area contributed by atoms with Gasteiger partial charge in [0.1, 0.15) is 28.2 Å². The molecule has 212 valence electrons. The van der Waals surface area contributed by atoms with Crippen molar-refractivity contribution in [2.45, 2.75) is 56.9 Å². The van der Waals surface area contributed by atoms with E-state index >= 15 is 0 Å². The Morgan fingerprint density at radius 2 is 1.55 bits per heavy atom. The van der Waals surface area contributed by atoms with E-state index in [1.54, 1.807) is 11.0 Å². The van der Waals surface area contributed by atoms with Crippen molar-refractivity contribution in [1.82, 2.24) is 9.97 Å². The number of halogens is 1. The van der Waals surface area contributed by atoms with Gasteiger partial charge >= 0.3 is 6.09 Å². The van der Waals surface area contributed by atoms with E-state index in [0.29, 0.717) is 38.1 Å². The second-order valence-corrected chi connectivity index (χ2v) is 15.1. The number of benzene rings is 2. The molecule has 2 saturated heterocycles. The van der Waals surface area contributed by atoms with Crippen LogP contribution < -0.4 is 9.80 Å². The molecule has 2 fully saturated rings. The number of carbonyl (C=O) groups excluding carboxylic acids is 1. The molecular weight excluding hydrogens is 544 g/mol. The molecule has 1 aromatic heterocycles. The van der Waals surface area contributed by atoms with Crippen LogP contribution in [-0.4, -0.2) is 63.8 Å². The van der Waals surface area contributed by atoms with Crippen LogP contribution in [0.3, 0.4) is 0 Å². The molecule has 1 atom stereocenters. The number of cyclic esters (lactones) is 1. The summed E-state index contributed by atoms with van der Waals surface area (Å²) in [6.07, 6.45) is -0.505. The number of anilines is 2. The SMILES string of the molecule is CC(C)(C)[SiH2]OC(c1ccccc1)(c1ccccc1)[C@H]1N(c2cc(Cl)nc(N3CCOCC3)n2)C(=O)OC1(C)C. The molecule has 0 aliphatic carbocycles. The summed E-state index contributed by atoms with van der Waals surface area (Å²) in [5.41, 5.74) is -0.124. The van der Waals surface area contributed by atoms with Gasteiger partial charge in [-0.15, -0.1) is 0 Å². The van der Waals surface area contributed by atoms with Gasteiger partial charge in [0, 0.05) is 19.2 Å². The Bertz CT molecular complexity index is 1290. The summed E-state index contributed by atoms with van der Waals surface area (Å²) in [7, 11) is -1.15. The Morgan fingerprint density at radius 1 is 0.975 bits per heavy atom. The first-order chi connectivity index (χ1) is 19.0. The van der Waals surface area contributed by atoms with Gasteiger partial charge in [0.2, 0.25) is 5.95 Å². The van der Waals surface area contributed by atoms with Crippen molar-refractivity contribution >= 4 is 39.2 Å². The predicted octanol–water partition coefficient (Wildman–Crippen LogP) is 5.33. The topological polar surface area (TPSA) is 77.0 Å². The first kappa shape index (κ1) is 28.5. The van der Waals surface area contributed by atoms with E-state index < -0.39 is 33.1 Å². The second kappa shape index (κ2) is 11.1. The van der Waals surface area contributed by atoms with Crippen molar-refractivity contribution in [3.63, 3.8) is 0 Å². The molecule has 0 N–H and O–H groups in total. The first-order valence-electron chi connectivity index (χ1n) is 13.7. The van der Waals surface area contributed by atoms with E-state index in [9.17, 15) is 4.79 Å². The average molecular weight is 581 g/mol. The number of aromatic nitrogens is 2. The lowest BCUT2D eigenvalue weighted by atomic mass is 9.74. The fraction of sp³-hybridized carbons (Fsp3) is 0.433. The van der Waals surface area contributed by atoms with E-state index in [1.807, 2.05) is 55.1 Å². The molecule has 2 aromatic carbocycles. The highest BCUT2D eigenvalue weighted by molar-refractivity contribution is 6.32. The van der Waals surface area contributed by atoms with Gasteiger partial charge in [-0.25, -0.2) is 9.78 Å². The summed E-state index contributed by atoms with van der Waals surface area (Å²) in [4.78, 5) is 26.8. The average Bonchev–Trinajstić information content (AvgIpc) is 3.18. The zero-order valence-electron chi connectivity index (χ0n) is 23.8. The summed E-state index contributed by atoms with van der Waals surface area (Å²) in [5, 5.41) is 0.229. The first-order valence-corrected chi connectivity index (χ1v) is 15.3. The molecule has 8 nitrogen and oxygen atoms in total. The number of amides is 1. The second-order valence-electron chi connectivity index (χ2n) is 12.0. The van der Waals surface area contributed by atoms with Crippen molar-refractivity contribution < 1.29 is 18.7 Å². The highest BCUT2D eigenvalue weighted by Crippen LogP contribution is 2.49. The van der Waals surface area contributed by atoms with E-state index in [0.717, 1.165) is 11.1 Å². The van der Waals surface area contributed by atoms with Crippen LogP contribution in [0.5, 0.6) is 0 Å². The lowest BCUT2D eigenvalue weighted by Crippen LogP contribution is -2.59. The predicted molar refractivity (Wildman–Crippen MR) is 160 cm³/mol. The van der Waals surface area contributed by atoms with Crippen molar-refractivity contribution in [1.29, 1.82) is 0 Å². The molecule has 0 spiro atoms. The van der Waals surface area contributed by atoms with Gasteiger partial charge < -0.3 is 18.8 Å². The highest BCUT2D eigenvalue weighted by atomic mass is 35.5. The summed E-state index contributed by atoms with van der Waals surface area (Å²) < 4.78 is 18.9. The minimum absolute atomic E-state index is 0.0189. The van der Waals surface area contributed by atoms with Crippen LogP contribution in [0.4, 0.5) is 16.6 Å². The van der Waals surface area contributed by atoms with Crippen LogP contribution in [0.2, 0.25) is 10.2 Å². The van der Waals surface area contributed by atoms with Gasteiger partial charge in [0.15, 0.2) is 9.76 Å². The molecule has 0 unspecified atom stereocenters. The van der Waals surface area contributed by atoms with Gasteiger partial charge in [-0.1, -0.05) is 93.0 Å². The van der Waals surface area contributed by atoms with E-state index in [4.69, 9.17) is 30.5 Å². The van der Waals surface area contributed by atoms with Gasteiger partial charge in [-0.2, -0.15) is 4.98 Å². The number of carbonyl (C=O) groups is 1. The van der Waals surface area contributed by atoms with Crippen LogP contribution >= 0.6 is 11.6 Å². The third-order valence-corrected chi connectivity index (χ3v) is 8.86.